The molecule has 2 aliphatic rings. The van der Waals surface area contributed by atoms with Crippen LogP contribution in [0.15, 0.2) is 29.2 Å². The predicted molar refractivity (Wildman–Crippen MR) is 61.0 cm³/mol. The molecule has 4 heteroatoms. The second kappa shape index (κ2) is 3.25. The van der Waals surface area contributed by atoms with E-state index in [1.54, 1.807) is 11.8 Å². The number of amides is 1. The molecule has 0 spiro atoms. The van der Waals surface area contributed by atoms with E-state index in [2.05, 4.69) is 6.07 Å². The van der Waals surface area contributed by atoms with Gasteiger partial charge in [-0.3, -0.25) is 4.79 Å². The van der Waals surface area contributed by atoms with Crippen LogP contribution < -0.4 is 10.6 Å². The lowest BCUT2D eigenvalue weighted by Gasteiger charge is -2.32. The number of benzene rings is 1. The lowest BCUT2D eigenvalue weighted by Crippen LogP contribution is -2.44. The molecule has 2 unspecified atom stereocenters. The van der Waals surface area contributed by atoms with Crippen LogP contribution in [0, 0.1) is 0 Å². The van der Waals surface area contributed by atoms with Crippen LogP contribution in [0.5, 0.6) is 0 Å². The van der Waals surface area contributed by atoms with Gasteiger partial charge in [0.1, 0.15) is 0 Å². The molecule has 1 aromatic carbocycles. The molecule has 3 rings (SSSR count). The second-order valence-corrected chi connectivity index (χ2v) is 5.04. The first-order valence-corrected chi connectivity index (χ1v) is 6.05. The Morgan fingerprint density at radius 2 is 2.20 bits per heavy atom. The molecule has 3 nitrogen and oxygen atoms in total. The number of carbonyl (C=O) groups excluding carboxylic acids is 1. The van der Waals surface area contributed by atoms with Crippen molar-refractivity contribution in [1.82, 2.24) is 0 Å². The van der Waals surface area contributed by atoms with Gasteiger partial charge in [-0.25, -0.2) is 0 Å². The zero-order valence-corrected chi connectivity index (χ0v) is 9.04. The fraction of sp³-hybridized carbons (Fsp3) is 0.364. The van der Waals surface area contributed by atoms with E-state index in [1.807, 2.05) is 23.1 Å². The summed E-state index contributed by atoms with van der Waals surface area (Å²) in [6.45, 7) is 0. The summed E-state index contributed by atoms with van der Waals surface area (Å²) in [5, 5.41) is 0. The third kappa shape index (κ3) is 1.28. The van der Waals surface area contributed by atoms with Gasteiger partial charge in [0, 0.05) is 23.1 Å². The minimum Gasteiger partial charge on any atom is -0.325 e. The van der Waals surface area contributed by atoms with E-state index in [-0.39, 0.29) is 18.0 Å². The van der Waals surface area contributed by atoms with Crippen molar-refractivity contribution in [3.63, 3.8) is 0 Å². The minimum atomic E-state index is -0.00152. The SMILES string of the molecule is NC1CC(=O)N2c3ccccc3SCC12. The average Bonchev–Trinajstić information content (AvgIpc) is 2.55. The van der Waals surface area contributed by atoms with Crippen LogP contribution in [0.1, 0.15) is 6.42 Å². The summed E-state index contributed by atoms with van der Waals surface area (Å²) in [5.74, 6) is 1.09. The zero-order valence-electron chi connectivity index (χ0n) is 8.22. The Kier molecular flexibility index (Phi) is 2.00. The van der Waals surface area contributed by atoms with Crippen molar-refractivity contribution in [3.05, 3.63) is 24.3 Å². The summed E-state index contributed by atoms with van der Waals surface area (Å²) >= 11 is 1.80. The molecule has 0 radical (unpaired) electrons. The van der Waals surface area contributed by atoms with Gasteiger partial charge in [0.05, 0.1) is 11.7 Å². The predicted octanol–water partition coefficient (Wildman–Crippen LogP) is 1.22. The normalized spacial score (nSPS) is 28.9. The Labute approximate surface area is 92.6 Å². The van der Waals surface area contributed by atoms with Gasteiger partial charge in [-0.2, -0.15) is 0 Å². The summed E-state index contributed by atoms with van der Waals surface area (Å²) in [5.41, 5.74) is 7.00. The monoisotopic (exact) mass is 220 g/mol. The number of rotatable bonds is 0. The molecular formula is C11H12N2OS. The van der Waals surface area contributed by atoms with Gasteiger partial charge in [-0.1, -0.05) is 12.1 Å². The Balaban J connectivity index is 2.09. The Hall–Kier alpha value is -1.00. The molecule has 2 heterocycles. The van der Waals surface area contributed by atoms with Crippen LogP contribution >= 0.6 is 11.8 Å². The molecule has 15 heavy (non-hydrogen) atoms. The minimum absolute atomic E-state index is 0.00152. The second-order valence-electron chi connectivity index (χ2n) is 3.98. The van der Waals surface area contributed by atoms with Crippen LogP contribution in [0.3, 0.4) is 0 Å². The van der Waals surface area contributed by atoms with Crippen LogP contribution in [0.4, 0.5) is 5.69 Å². The molecule has 0 aliphatic carbocycles. The van der Waals surface area contributed by atoms with Crippen LogP contribution in [-0.4, -0.2) is 23.7 Å². The summed E-state index contributed by atoms with van der Waals surface area (Å²) < 4.78 is 0. The van der Waals surface area contributed by atoms with E-state index in [9.17, 15) is 4.79 Å². The fourth-order valence-electron chi connectivity index (χ4n) is 2.28. The van der Waals surface area contributed by atoms with Gasteiger partial charge < -0.3 is 10.6 Å². The third-order valence-corrected chi connectivity index (χ3v) is 4.20. The van der Waals surface area contributed by atoms with Crippen molar-refractivity contribution in [2.45, 2.75) is 23.4 Å². The van der Waals surface area contributed by atoms with Crippen molar-refractivity contribution in [2.24, 2.45) is 5.73 Å². The number of nitrogens with two attached hydrogens (primary N) is 1. The highest BCUT2D eigenvalue weighted by Crippen LogP contribution is 2.40. The van der Waals surface area contributed by atoms with Crippen LogP contribution in [0.25, 0.3) is 0 Å². The standard InChI is InChI=1S/C11H12N2OS/c12-7-5-11(14)13-8-3-1-2-4-10(8)15-6-9(7)13/h1-4,7,9H,5-6,12H2. The highest BCUT2D eigenvalue weighted by molar-refractivity contribution is 7.99. The maximum Gasteiger partial charge on any atom is 0.229 e. The number of carbonyl (C=O) groups is 1. The molecule has 2 N–H and O–H groups in total. The molecule has 1 fully saturated rings. The summed E-state index contributed by atoms with van der Waals surface area (Å²) in [6.07, 6.45) is 0.486. The number of thioether (sulfide) groups is 1. The molecule has 0 saturated carbocycles. The van der Waals surface area contributed by atoms with Gasteiger partial charge in [0.2, 0.25) is 5.91 Å². The summed E-state index contributed by atoms with van der Waals surface area (Å²) in [4.78, 5) is 14.9. The number of anilines is 1. The maximum absolute atomic E-state index is 11.8. The van der Waals surface area contributed by atoms with Crippen LogP contribution in [-0.2, 0) is 4.79 Å². The van der Waals surface area contributed by atoms with Crippen molar-refractivity contribution >= 4 is 23.4 Å². The third-order valence-electron chi connectivity index (χ3n) is 3.04. The number of hydrogen-bond acceptors (Lipinski definition) is 3. The van der Waals surface area contributed by atoms with Crippen molar-refractivity contribution in [2.75, 3.05) is 10.7 Å². The van der Waals surface area contributed by atoms with Gasteiger partial charge in [-0.15, -0.1) is 11.8 Å². The molecule has 78 valence electrons. The average molecular weight is 220 g/mol. The van der Waals surface area contributed by atoms with Gasteiger partial charge in [0.15, 0.2) is 0 Å². The highest BCUT2D eigenvalue weighted by atomic mass is 32.2. The zero-order chi connectivity index (χ0) is 10.4. The van der Waals surface area contributed by atoms with E-state index in [1.165, 1.54) is 4.90 Å². The van der Waals surface area contributed by atoms with Crippen molar-refractivity contribution < 1.29 is 4.79 Å². The first kappa shape index (κ1) is 9.24. The molecule has 1 aromatic rings. The molecule has 1 amide bonds. The number of nitrogens with zero attached hydrogens (tertiary/aromatic N) is 1. The molecule has 0 bridgehead atoms. The molecule has 1 saturated heterocycles. The van der Waals surface area contributed by atoms with E-state index in [0.717, 1.165) is 11.4 Å². The molecule has 2 atom stereocenters. The van der Waals surface area contributed by atoms with E-state index < -0.39 is 0 Å². The topological polar surface area (TPSA) is 46.3 Å². The maximum atomic E-state index is 11.8. The number of fused-ring (bicyclic) bond motifs is 3. The Morgan fingerprint density at radius 3 is 3.07 bits per heavy atom. The quantitative estimate of drug-likeness (QED) is 0.715. The number of para-hydroxylation sites is 1. The lowest BCUT2D eigenvalue weighted by molar-refractivity contribution is -0.117. The van der Waals surface area contributed by atoms with Crippen LogP contribution in [0.2, 0.25) is 0 Å². The highest BCUT2D eigenvalue weighted by Gasteiger charge is 2.41. The fourth-order valence-corrected chi connectivity index (χ4v) is 3.51. The van der Waals surface area contributed by atoms with Crippen molar-refractivity contribution in [1.29, 1.82) is 0 Å². The molecular weight excluding hydrogens is 208 g/mol. The molecule has 0 aromatic heterocycles. The first-order valence-electron chi connectivity index (χ1n) is 5.07. The molecule has 2 aliphatic heterocycles. The van der Waals surface area contributed by atoms with Gasteiger partial charge >= 0.3 is 0 Å². The Morgan fingerprint density at radius 1 is 1.40 bits per heavy atom. The van der Waals surface area contributed by atoms with Gasteiger partial charge in [0.25, 0.3) is 0 Å². The number of hydrogen-bond donors (Lipinski definition) is 1. The summed E-state index contributed by atoms with van der Waals surface area (Å²) in [7, 11) is 0. The van der Waals surface area contributed by atoms with E-state index >= 15 is 0 Å². The van der Waals surface area contributed by atoms with E-state index in [4.69, 9.17) is 5.73 Å². The largest absolute Gasteiger partial charge is 0.325 e. The van der Waals surface area contributed by atoms with E-state index in [0.29, 0.717) is 6.42 Å². The lowest BCUT2D eigenvalue weighted by atomic mass is 10.1. The smallest absolute Gasteiger partial charge is 0.229 e. The first-order chi connectivity index (χ1) is 7.27. The van der Waals surface area contributed by atoms with Crippen molar-refractivity contribution in [3.8, 4) is 0 Å². The van der Waals surface area contributed by atoms with Gasteiger partial charge in [-0.05, 0) is 12.1 Å². The summed E-state index contributed by atoms with van der Waals surface area (Å²) in [6, 6.07) is 8.24. The Bertz CT molecular complexity index is 421.